The van der Waals surface area contributed by atoms with E-state index >= 15 is 0 Å². The number of ether oxygens (including phenoxy) is 1. The van der Waals surface area contributed by atoms with Gasteiger partial charge in [0.05, 0.1) is 18.3 Å². The Morgan fingerprint density at radius 1 is 1.17 bits per heavy atom. The summed E-state index contributed by atoms with van der Waals surface area (Å²) in [6.45, 7) is 3.46. The van der Waals surface area contributed by atoms with Crippen LogP contribution < -0.4 is 10.1 Å². The highest BCUT2D eigenvalue weighted by molar-refractivity contribution is 6.35. The summed E-state index contributed by atoms with van der Waals surface area (Å²) in [7, 11) is 0. The van der Waals surface area contributed by atoms with Crippen LogP contribution in [0.1, 0.15) is 33.4 Å². The van der Waals surface area contributed by atoms with Crippen molar-refractivity contribution in [3.05, 3.63) is 87.2 Å². The molecule has 0 fully saturated rings. The molecule has 1 amide bonds. The number of pyridine rings is 1. The zero-order chi connectivity index (χ0) is 21.0. The number of hydrogen-bond donors (Lipinski definition) is 1. The van der Waals surface area contributed by atoms with Gasteiger partial charge in [0, 0.05) is 21.3 Å². The quantitative estimate of drug-likeness (QED) is 0.501. The van der Waals surface area contributed by atoms with Crippen LogP contribution in [0.2, 0.25) is 10.0 Å². The maximum atomic E-state index is 14.6. The molecule has 0 saturated heterocycles. The van der Waals surface area contributed by atoms with Gasteiger partial charge in [0.2, 0.25) is 0 Å². The third-order valence-electron chi connectivity index (χ3n) is 4.21. The molecule has 0 aliphatic carbocycles. The molecule has 7 heteroatoms. The van der Waals surface area contributed by atoms with E-state index in [-0.39, 0.29) is 22.7 Å². The van der Waals surface area contributed by atoms with Gasteiger partial charge < -0.3 is 10.1 Å². The molecule has 1 aromatic heterocycles. The van der Waals surface area contributed by atoms with E-state index in [9.17, 15) is 9.18 Å². The highest BCUT2D eigenvalue weighted by atomic mass is 35.5. The number of rotatable bonds is 6. The Kier molecular flexibility index (Phi) is 6.72. The second kappa shape index (κ2) is 9.25. The number of aryl methyl sites for hydroxylation is 2. The molecular formula is C22H19Cl2FN2O2. The minimum Gasteiger partial charge on any atom is -0.455 e. The van der Waals surface area contributed by atoms with E-state index in [2.05, 4.69) is 10.3 Å². The third-order valence-corrected chi connectivity index (χ3v) is 4.77. The van der Waals surface area contributed by atoms with Gasteiger partial charge in [0.25, 0.3) is 5.91 Å². The number of nitrogens with one attached hydrogen (secondary N) is 1. The fourth-order valence-electron chi connectivity index (χ4n) is 2.75. The van der Waals surface area contributed by atoms with Crippen LogP contribution in [0.4, 0.5) is 4.39 Å². The summed E-state index contributed by atoms with van der Waals surface area (Å²) in [6.07, 6.45) is 0.00282. The van der Waals surface area contributed by atoms with E-state index in [0.717, 1.165) is 5.56 Å². The summed E-state index contributed by atoms with van der Waals surface area (Å²) in [4.78, 5) is 16.9. The number of amides is 1. The molecule has 0 spiro atoms. The van der Waals surface area contributed by atoms with Crippen molar-refractivity contribution in [2.45, 2.75) is 20.0 Å². The normalized spacial score (nSPS) is 11.8. The molecular weight excluding hydrogens is 414 g/mol. The standard InChI is InChI=1S/C22H19Cl2FN2O2/c1-13-4-3-5-16(8-13)29-21-12-26-14(2)9-18(21)22(28)27-11-20(25)17-7-6-15(23)10-19(17)24/h3-10,12,20H,11H2,1-2H3,(H,27,28). The van der Waals surface area contributed by atoms with E-state index in [1.54, 1.807) is 25.1 Å². The zero-order valence-corrected chi connectivity index (χ0v) is 17.4. The highest BCUT2D eigenvalue weighted by Gasteiger charge is 2.19. The molecule has 3 aromatic rings. The Hall–Kier alpha value is -2.63. The molecule has 3 rings (SSSR count). The summed E-state index contributed by atoms with van der Waals surface area (Å²) in [6, 6.07) is 13.6. The number of aromatic nitrogens is 1. The number of benzene rings is 2. The zero-order valence-electron chi connectivity index (χ0n) is 15.9. The molecule has 0 aliphatic heterocycles. The van der Waals surface area contributed by atoms with Crippen molar-refractivity contribution in [3.8, 4) is 11.5 Å². The molecule has 0 saturated carbocycles. The van der Waals surface area contributed by atoms with Gasteiger partial charge in [-0.2, -0.15) is 0 Å². The molecule has 1 N–H and O–H groups in total. The van der Waals surface area contributed by atoms with Crippen molar-refractivity contribution < 1.29 is 13.9 Å². The maximum Gasteiger partial charge on any atom is 0.255 e. The average Bonchev–Trinajstić information content (AvgIpc) is 2.67. The van der Waals surface area contributed by atoms with E-state index in [4.69, 9.17) is 27.9 Å². The van der Waals surface area contributed by atoms with Gasteiger partial charge >= 0.3 is 0 Å². The third kappa shape index (κ3) is 5.46. The second-order valence-electron chi connectivity index (χ2n) is 6.58. The summed E-state index contributed by atoms with van der Waals surface area (Å²) in [5.74, 6) is 0.408. The molecule has 1 atom stereocenters. The summed E-state index contributed by atoms with van der Waals surface area (Å²) in [5, 5.41) is 3.22. The van der Waals surface area contributed by atoms with E-state index < -0.39 is 12.1 Å². The summed E-state index contributed by atoms with van der Waals surface area (Å²) >= 11 is 11.9. The predicted octanol–water partition coefficient (Wildman–Crippen LogP) is 6.24. The number of halogens is 3. The van der Waals surface area contributed by atoms with Crippen molar-refractivity contribution >= 4 is 29.1 Å². The first-order valence-electron chi connectivity index (χ1n) is 8.92. The van der Waals surface area contributed by atoms with Crippen LogP contribution in [0.5, 0.6) is 11.5 Å². The van der Waals surface area contributed by atoms with Crippen LogP contribution in [0.3, 0.4) is 0 Å². The fourth-order valence-corrected chi connectivity index (χ4v) is 3.28. The smallest absolute Gasteiger partial charge is 0.255 e. The van der Waals surface area contributed by atoms with Crippen molar-refractivity contribution in [2.24, 2.45) is 0 Å². The summed E-state index contributed by atoms with van der Waals surface area (Å²) < 4.78 is 20.4. The van der Waals surface area contributed by atoms with Gasteiger partial charge in [0.15, 0.2) is 5.75 Å². The number of hydrogen-bond acceptors (Lipinski definition) is 3. The molecule has 1 unspecified atom stereocenters. The Morgan fingerprint density at radius 2 is 1.97 bits per heavy atom. The van der Waals surface area contributed by atoms with Gasteiger partial charge in [-0.25, -0.2) is 4.39 Å². The number of carbonyl (C=O) groups is 1. The lowest BCUT2D eigenvalue weighted by Gasteiger charge is -2.14. The number of alkyl halides is 1. The topological polar surface area (TPSA) is 51.2 Å². The lowest BCUT2D eigenvalue weighted by molar-refractivity contribution is 0.0939. The fraction of sp³-hybridized carbons (Fsp3) is 0.182. The average molecular weight is 433 g/mol. The van der Waals surface area contributed by atoms with E-state index in [1.165, 1.54) is 18.3 Å². The maximum absolute atomic E-state index is 14.6. The Labute approximate surface area is 178 Å². The van der Waals surface area contributed by atoms with Crippen LogP contribution in [0.15, 0.2) is 54.7 Å². The largest absolute Gasteiger partial charge is 0.455 e. The lowest BCUT2D eigenvalue weighted by Crippen LogP contribution is -2.27. The van der Waals surface area contributed by atoms with Crippen LogP contribution in [0.25, 0.3) is 0 Å². The van der Waals surface area contributed by atoms with E-state index in [1.807, 2.05) is 25.1 Å². The van der Waals surface area contributed by atoms with Crippen molar-refractivity contribution in [1.82, 2.24) is 10.3 Å². The molecule has 2 aromatic carbocycles. The SMILES string of the molecule is Cc1cccc(Oc2cnc(C)cc2C(=O)NCC(F)c2ccc(Cl)cc2Cl)c1. The first kappa shape index (κ1) is 21.1. The first-order chi connectivity index (χ1) is 13.8. The number of nitrogens with zero attached hydrogens (tertiary/aromatic N) is 1. The van der Waals surface area contributed by atoms with Crippen molar-refractivity contribution in [2.75, 3.05) is 6.54 Å². The van der Waals surface area contributed by atoms with Crippen molar-refractivity contribution in [3.63, 3.8) is 0 Å². The number of carbonyl (C=O) groups excluding carboxylic acids is 1. The minimum atomic E-state index is -1.48. The van der Waals surface area contributed by atoms with Gasteiger partial charge in [-0.05, 0) is 49.7 Å². The van der Waals surface area contributed by atoms with Gasteiger partial charge in [-0.3, -0.25) is 9.78 Å². The van der Waals surface area contributed by atoms with Crippen LogP contribution in [-0.2, 0) is 0 Å². The second-order valence-corrected chi connectivity index (χ2v) is 7.43. The molecule has 0 aliphatic rings. The monoisotopic (exact) mass is 432 g/mol. The predicted molar refractivity (Wildman–Crippen MR) is 113 cm³/mol. The molecule has 4 nitrogen and oxygen atoms in total. The van der Waals surface area contributed by atoms with Crippen LogP contribution >= 0.6 is 23.2 Å². The Bertz CT molecular complexity index is 1040. The first-order valence-corrected chi connectivity index (χ1v) is 9.67. The van der Waals surface area contributed by atoms with Crippen LogP contribution in [-0.4, -0.2) is 17.4 Å². The van der Waals surface area contributed by atoms with Gasteiger partial charge in [0.1, 0.15) is 11.9 Å². The Balaban J connectivity index is 1.75. The summed E-state index contributed by atoms with van der Waals surface area (Å²) in [5.41, 5.74) is 2.20. The van der Waals surface area contributed by atoms with E-state index in [0.29, 0.717) is 22.2 Å². The van der Waals surface area contributed by atoms with Gasteiger partial charge in [-0.1, -0.05) is 41.4 Å². The highest BCUT2D eigenvalue weighted by Crippen LogP contribution is 2.29. The molecule has 0 bridgehead atoms. The van der Waals surface area contributed by atoms with Crippen molar-refractivity contribution in [1.29, 1.82) is 0 Å². The lowest BCUT2D eigenvalue weighted by atomic mass is 10.1. The molecule has 1 heterocycles. The van der Waals surface area contributed by atoms with Gasteiger partial charge in [-0.15, -0.1) is 0 Å². The molecule has 29 heavy (non-hydrogen) atoms. The molecule has 0 radical (unpaired) electrons. The van der Waals surface area contributed by atoms with Crippen LogP contribution in [0, 0.1) is 13.8 Å². The minimum absolute atomic E-state index is 0.211. The Morgan fingerprint density at radius 3 is 2.69 bits per heavy atom. The molecule has 150 valence electrons.